The Morgan fingerprint density at radius 1 is 1.23 bits per heavy atom. The van der Waals surface area contributed by atoms with Gasteiger partial charge in [-0.15, -0.1) is 0 Å². The number of carbonyl (C=O) groups is 3. The van der Waals surface area contributed by atoms with Crippen LogP contribution in [0.5, 0.6) is 0 Å². The van der Waals surface area contributed by atoms with Crippen LogP contribution in [0, 0.1) is 0 Å². The quantitative estimate of drug-likeness (QED) is 0.649. The predicted octanol–water partition coefficient (Wildman–Crippen LogP) is 2.16. The summed E-state index contributed by atoms with van der Waals surface area (Å²) in [4.78, 5) is 36.2. The molecule has 0 radical (unpaired) electrons. The maximum Gasteiger partial charge on any atom is 0.325 e. The molecule has 1 fully saturated rings. The Labute approximate surface area is 156 Å². The molecule has 1 aromatic heterocycles. The van der Waals surface area contributed by atoms with Crippen LogP contribution in [0.4, 0.5) is 0 Å². The Kier molecular flexibility index (Phi) is 5.01. The van der Waals surface area contributed by atoms with Gasteiger partial charge in [-0.2, -0.15) is 0 Å². The highest BCUT2D eigenvalue weighted by Gasteiger charge is 2.40. The third kappa shape index (κ3) is 3.32. The summed E-state index contributed by atoms with van der Waals surface area (Å²) in [5.41, 5.74) is 0.975. The summed E-state index contributed by atoms with van der Waals surface area (Å²) < 4.78 is 2.21. The number of benzene rings is 1. The number of carboxylic acid groups (broad SMARTS) is 3. The first-order valence-electron chi connectivity index (χ1n) is 8.01. The summed E-state index contributed by atoms with van der Waals surface area (Å²) in [6, 6.07) is 3.16. The van der Waals surface area contributed by atoms with Crippen LogP contribution in [0.3, 0.4) is 0 Å². The van der Waals surface area contributed by atoms with Gasteiger partial charge in [0.05, 0.1) is 5.52 Å². The number of hydrogen-bond donors (Lipinski definition) is 3. The number of halogens is 1. The van der Waals surface area contributed by atoms with Gasteiger partial charge in [0.25, 0.3) is 0 Å². The van der Waals surface area contributed by atoms with Gasteiger partial charge < -0.3 is 19.9 Å². The van der Waals surface area contributed by atoms with Crippen molar-refractivity contribution in [2.24, 2.45) is 0 Å². The molecule has 2 aromatic rings. The van der Waals surface area contributed by atoms with E-state index >= 15 is 0 Å². The molecular formula is C17H17BrN2O6. The fourth-order valence-electron chi connectivity index (χ4n) is 3.60. The number of carboxylic acids is 3. The molecule has 3 N–H and O–H groups in total. The zero-order valence-corrected chi connectivity index (χ0v) is 15.2. The van der Waals surface area contributed by atoms with Crippen LogP contribution in [0.15, 0.2) is 28.9 Å². The second-order valence-corrected chi connectivity index (χ2v) is 7.16. The van der Waals surface area contributed by atoms with E-state index in [-0.39, 0.29) is 6.54 Å². The number of aliphatic carboxylic acids is 3. The highest BCUT2D eigenvalue weighted by Crippen LogP contribution is 2.36. The van der Waals surface area contributed by atoms with E-state index < -0.39 is 30.0 Å². The van der Waals surface area contributed by atoms with E-state index in [1.165, 1.54) is 15.7 Å². The summed E-state index contributed by atoms with van der Waals surface area (Å²) in [6.45, 7) is 0.0394. The standard InChI is InChI=1S/C17H17BrN2O6/c18-9-3-4-10-11(7-19(8-14(21)22)13(10)6-9)15(17(25)26)20-5-1-2-12(20)16(23)24/h3-4,6-7,12,15H,1-2,5,8H2,(H,21,22)(H,23,24)(H,25,26)/t12-,15?/m0/s1. The fraction of sp³-hybridized carbons (Fsp3) is 0.353. The molecule has 1 aliphatic heterocycles. The maximum atomic E-state index is 12.0. The lowest BCUT2D eigenvalue weighted by Crippen LogP contribution is -2.41. The molecule has 1 unspecified atom stereocenters. The highest BCUT2D eigenvalue weighted by molar-refractivity contribution is 9.10. The van der Waals surface area contributed by atoms with Gasteiger partial charge in [-0.25, -0.2) is 0 Å². The molecule has 26 heavy (non-hydrogen) atoms. The molecule has 0 amide bonds. The number of rotatable bonds is 6. The van der Waals surface area contributed by atoms with Crippen LogP contribution < -0.4 is 0 Å². The summed E-state index contributed by atoms with van der Waals surface area (Å²) in [5.74, 6) is -3.26. The smallest absolute Gasteiger partial charge is 0.325 e. The lowest BCUT2D eigenvalue weighted by Gasteiger charge is -2.27. The molecule has 0 aliphatic carbocycles. The minimum atomic E-state index is -1.16. The average Bonchev–Trinajstić information content (AvgIpc) is 3.13. The van der Waals surface area contributed by atoms with Crippen LogP contribution in [0.2, 0.25) is 0 Å². The Morgan fingerprint density at radius 2 is 1.96 bits per heavy atom. The van der Waals surface area contributed by atoms with Crippen LogP contribution in [-0.4, -0.2) is 55.3 Å². The lowest BCUT2D eigenvalue weighted by molar-refractivity contribution is -0.149. The van der Waals surface area contributed by atoms with Crippen molar-refractivity contribution in [3.63, 3.8) is 0 Å². The number of fused-ring (bicyclic) bond motifs is 1. The van der Waals surface area contributed by atoms with Gasteiger partial charge in [0, 0.05) is 28.2 Å². The third-order valence-electron chi connectivity index (χ3n) is 4.62. The third-order valence-corrected chi connectivity index (χ3v) is 5.11. The van der Waals surface area contributed by atoms with E-state index in [2.05, 4.69) is 15.9 Å². The summed E-state index contributed by atoms with van der Waals surface area (Å²) in [6.07, 6.45) is 2.49. The topological polar surface area (TPSA) is 120 Å². The van der Waals surface area contributed by atoms with Gasteiger partial charge in [-0.05, 0) is 25.0 Å². The van der Waals surface area contributed by atoms with Crippen LogP contribution in [0.1, 0.15) is 24.4 Å². The molecule has 1 aromatic carbocycles. The second-order valence-electron chi connectivity index (χ2n) is 6.24. The second kappa shape index (κ2) is 7.08. The number of hydrogen-bond acceptors (Lipinski definition) is 4. The molecule has 2 heterocycles. The van der Waals surface area contributed by atoms with Gasteiger partial charge in [-0.3, -0.25) is 19.3 Å². The van der Waals surface area contributed by atoms with Gasteiger partial charge in [-0.1, -0.05) is 22.0 Å². The Bertz CT molecular complexity index is 893. The summed E-state index contributed by atoms with van der Waals surface area (Å²) >= 11 is 3.34. The molecule has 3 rings (SSSR count). The van der Waals surface area contributed by atoms with Crippen LogP contribution in [-0.2, 0) is 20.9 Å². The van der Waals surface area contributed by atoms with Crippen molar-refractivity contribution < 1.29 is 29.7 Å². The minimum absolute atomic E-state index is 0.318. The molecule has 2 atom stereocenters. The van der Waals surface area contributed by atoms with Crippen molar-refractivity contribution in [2.75, 3.05) is 6.54 Å². The van der Waals surface area contributed by atoms with Crippen molar-refractivity contribution in [1.29, 1.82) is 0 Å². The molecule has 1 aliphatic rings. The van der Waals surface area contributed by atoms with Crippen molar-refractivity contribution in [3.05, 3.63) is 34.4 Å². The van der Waals surface area contributed by atoms with Gasteiger partial charge in [0.15, 0.2) is 0 Å². The zero-order valence-electron chi connectivity index (χ0n) is 13.6. The molecule has 8 nitrogen and oxygen atoms in total. The molecule has 138 valence electrons. The SMILES string of the molecule is O=C(O)Cn1cc(C(C(=O)O)N2CCC[C@H]2C(=O)O)c2ccc(Br)cc21. The predicted molar refractivity (Wildman–Crippen MR) is 95.0 cm³/mol. The van der Waals surface area contributed by atoms with Gasteiger partial charge in [0.1, 0.15) is 18.6 Å². The molecule has 0 bridgehead atoms. The first-order chi connectivity index (χ1) is 12.3. The van der Waals surface area contributed by atoms with E-state index in [9.17, 15) is 24.6 Å². The molecule has 0 saturated carbocycles. The minimum Gasteiger partial charge on any atom is -0.480 e. The molecular weight excluding hydrogens is 408 g/mol. The molecule has 9 heteroatoms. The maximum absolute atomic E-state index is 12.0. The van der Waals surface area contributed by atoms with Gasteiger partial charge in [0.2, 0.25) is 0 Å². The number of nitrogens with zero attached hydrogens (tertiary/aromatic N) is 2. The number of likely N-dealkylation sites (tertiary alicyclic amines) is 1. The first kappa shape index (κ1) is 18.4. The Morgan fingerprint density at radius 3 is 2.58 bits per heavy atom. The normalized spacial score (nSPS) is 18.9. The van der Waals surface area contributed by atoms with Crippen LogP contribution >= 0.6 is 15.9 Å². The molecule has 1 saturated heterocycles. The van der Waals surface area contributed by atoms with Crippen molar-refractivity contribution in [2.45, 2.75) is 31.5 Å². The largest absolute Gasteiger partial charge is 0.480 e. The van der Waals surface area contributed by atoms with Crippen molar-refractivity contribution in [3.8, 4) is 0 Å². The molecule has 0 spiro atoms. The van der Waals surface area contributed by atoms with Crippen LogP contribution in [0.25, 0.3) is 10.9 Å². The van der Waals surface area contributed by atoms with E-state index in [1.807, 2.05) is 0 Å². The van der Waals surface area contributed by atoms with E-state index in [1.54, 1.807) is 18.2 Å². The summed E-state index contributed by atoms with van der Waals surface area (Å²) in [7, 11) is 0. The Balaban J connectivity index is 2.16. The summed E-state index contributed by atoms with van der Waals surface area (Å²) in [5, 5.41) is 29.0. The van der Waals surface area contributed by atoms with Crippen molar-refractivity contribution >= 4 is 44.7 Å². The monoisotopic (exact) mass is 424 g/mol. The first-order valence-corrected chi connectivity index (χ1v) is 8.80. The zero-order chi connectivity index (χ0) is 19.0. The van der Waals surface area contributed by atoms with E-state index in [4.69, 9.17) is 5.11 Å². The van der Waals surface area contributed by atoms with Crippen molar-refractivity contribution in [1.82, 2.24) is 9.47 Å². The number of aromatic nitrogens is 1. The van der Waals surface area contributed by atoms with Gasteiger partial charge >= 0.3 is 17.9 Å². The Hall–Kier alpha value is -2.39. The van der Waals surface area contributed by atoms with E-state index in [0.29, 0.717) is 35.9 Å². The fourth-order valence-corrected chi connectivity index (χ4v) is 3.95. The lowest BCUT2D eigenvalue weighted by atomic mass is 10.0. The average molecular weight is 425 g/mol. The van der Waals surface area contributed by atoms with E-state index in [0.717, 1.165) is 4.47 Å². The highest BCUT2D eigenvalue weighted by atomic mass is 79.9.